The van der Waals surface area contributed by atoms with Crippen molar-refractivity contribution in [2.75, 3.05) is 26.2 Å². The molecule has 0 aromatic heterocycles. The lowest BCUT2D eigenvalue weighted by atomic mass is 9.86. The lowest BCUT2D eigenvalue weighted by Crippen LogP contribution is -2.55. The summed E-state index contributed by atoms with van der Waals surface area (Å²) in [5.74, 6) is 1.07. The van der Waals surface area contributed by atoms with Gasteiger partial charge in [0.15, 0.2) is 0 Å². The van der Waals surface area contributed by atoms with Crippen molar-refractivity contribution in [2.24, 2.45) is 5.92 Å². The lowest BCUT2D eigenvalue weighted by molar-refractivity contribution is -0.0338. The Kier molecular flexibility index (Phi) is 2.06. The highest BCUT2D eigenvalue weighted by Crippen LogP contribution is 2.34. The van der Waals surface area contributed by atoms with Gasteiger partial charge in [0.05, 0.1) is 6.17 Å². The monoisotopic (exact) mass is 180 g/mol. The van der Waals surface area contributed by atoms with Crippen molar-refractivity contribution >= 4 is 0 Å². The molecule has 4 aliphatic rings. The minimum Gasteiger partial charge on any atom is -0.288 e. The van der Waals surface area contributed by atoms with Crippen LogP contribution in [0.1, 0.15) is 32.1 Å². The number of likely N-dealkylation sites (tertiary alicyclic amines) is 1. The molecule has 0 saturated carbocycles. The molecule has 0 N–H and O–H groups in total. The molecule has 2 bridgehead atoms. The average Bonchev–Trinajstić information content (AvgIpc) is 2.72. The van der Waals surface area contributed by atoms with E-state index in [0.29, 0.717) is 0 Å². The van der Waals surface area contributed by atoms with Crippen LogP contribution in [0.4, 0.5) is 0 Å². The number of hydrogen-bond donors (Lipinski definition) is 0. The Morgan fingerprint density at radius 2 is 1.38 bits per heavy atom. The normalized spacial score (nSPS) is 45.7. The maximum Gasteiger partial charge on any atom is 0.0625 e. The second-order valence-corrected chi connectivity index (χ2v) is 4.94. The summed E-state index contributed by atoms with van der Waals surface area (Å²) in [6.07, 6.45) is 8.15. The molecule has 0 aromatic carbocycles. The van der Waals surface area contributed by atoms with Gasteiger partial charge in [-0.1, -0.05) is 0 Å². The molecule has 4 rings (SSSR count). The van der Waals surface area contributed by atoms with Gasteiger partial charge in [-0.05, 0) is 64.2 Å². The van der Waals surface area contributed by atoms with E-state index in [1.807, 2.05) is 0 Å². The molecule has 74 valence electrons. The van der Waals surface area contributed by atoms with Crippen LogP contribution in [0.3, 0.4) is 0 Å². The molecular formula is C11H20N2. The fraction of sp³-hybridized carbons (Fsp3) is 1.00. The number of fused-ring (bicyclic) bond motifs is 3. The third-order valence-electron chi connectivity index (χ3n) is 4.18. The third-order valence-corrected chi connectivity index (χ3v) is 4.18. The summed E-state index contributed by atoms with van der Waals surface area (Å²) in [5, 5.41) is 0. The molecule has 1 atom stereocenters. The molecule has 0 radical (unpaired) electrons. The molecule has 0 spiro atoms. The van der Waals surface area contributed by atoms with Crippen LogP contribution < -0.4 is 0 Å². The van der Waals surface area contributed by atoms with E-state index in [1.54, 1.807) is 0 Å². The first-order chi connectivity index (χ1) is 6.43. The molecule has 0 aliphatic carbocycles. The maximum atomic E-state index is 2.73. The van der Waals surface area contributed by atoms with E-state index in [4.69, 9.17) is 0 Å². The van der Waals surface area contributed by atoms with Gasteiger partial charge in [-0.2, -0.15) is 0 Å². The van der Waals surface area contributed by atoms with E-state index >= 15 is 0 Å². The van der Waals surface area contributed by atoms with E-state index in [0.717, 1.165) is 12.1 Å². The van der Waals surface area contributed by atoms with Crippen molar-refractivity contribution in [2.45, 2.75) is 38.3 Å². The molecule has 4 heterocycles. The molecular weight excluding hydrogens is 160 g/mol. The highest BCUT2D eigenvalue weighted by molar-refractivity contribution is 4.88. The molecule has 2 heteroatoms. The Balaban J connectivity index is 1.70. The third kappa shape index (κ3) is 1.40. The van der Waals surface area contributed by atoms with E-state index in [1.165, 1.54) is 58.3 Å². The van der Waals surface area contributed by atoms with Crippen LogP contribution in [0.2, 0.25) is 0 Å². The largest absolute Gasteiger partial charge is 0.288 e. The summed E-state index contributed by atoms with van der Waals surface area (Å²) < 4.78 is 0. The molecule has 2 nitrogen and oxygen atoms in total. The van der Waals surface area contributed by atoms with E-state index in [9.17, 15) is 0 Å². The van der Waals surface area contributed by atoms with Crippen molar-refractivity contribution in [1.82, 2.24) is 9.80 Å². The number of piperidine rings is 3. The van der Waals surface area contributed by atoms with Gasteiger partial charge in [0.1, 0.15) is 0 Å². The molecule has 4 aliphatic heterocycles. The predicted molar refractivity (Wildman–Crippen MR) is 53.5 cm³/mol. The van der Waals surface area contributed by atoms with Gasteiger partial charge in [-0.25, -0.2) is 0 Å². The maximum absolute atomic E-state index is 2.73. The minimum absolute atomic E-state index is 0.843. The topological polar surface area (TPSA) is 6.48 Å². The number of hydrogen-bond acceptors (Lipinski definition) is 2. The van der Waals surface area contributed by atoms with Crippen molar-refractivity contribution in [3.8, 4) is 0 Å². The second-order valence-electron chi connectivity index (χ2n) is 4.94. The number of rotatable bonds is 1. The molecule has 13 heavy (non-hydrogen) atoms. The van der Waals surface area contributed by atoms with E-state index in [-0.39, 0.29) is 0 Å². The highest BCUT2D eigenvalue weighted by atomic mass is 15.4. The SMILES string of the molecule is C1CCN(C2CC3CCN2CC3)C1. The summed E-state index contributed by atoms with van der Waals surface area (Å²) in [5.41, 5.74) is 0. The Bertz CT molecular complexity index is 177. The minimum atomic E-state index is 0.843. The van der Waals surface area contributed by atoms with Crippen molar-refractivity contribution in [3.05, 3.63) is 0 Å². The van der Waals surface area contributed by atoms with Crippen LogP contribution in [0.15, 0.2) is 0 Å². The van der Waals surface area contributed by atoms with Gasteiger partial charge in [0.2, 0.25) is 0 Å². The van der Waals surface area contributed by atoms with Gasteiger partial charge in [-0.3, -0.25) is 9.80 Å². The fourth-order valence-corrected chi connectivity index (χ4v) is 3.35. The number of nitrogens with zero attached hydrogens (tertiary/aromatic N) is 2. The Morgan fingerprint density at radius 3 is 1.92 bits per heavy atom. The Hall–Kier alpha value is -0.0800. The van der Waals surface area contributed by atoms with Gasteiger partial charge in [0.25, 0.3) is 0 Å². The zero-order valence-corrected chi connectivity index (χ0v) is 8.41. The summed E-state index contributed by atoms with van der Waals surface area (Å²) >= 11 is 0. The van der Waals surface area contributed by atoms with Gasteiger partial charge >= 0.3 is 0 Å². The Morgan fingerprint density at radius 1 is 0.769 bits per heavy atom. The van der Waals surface area contributed by atoms with Crippen molar-refractivity contribution in [3.63, 3.8) is 0 Å². The predicted octanol–water partition coefficient (Wildman–Crippen LogP) is 1.52. The lowest BCUT2D eigenvalue weighted by Gasteiger charge is -2.48. The van der Waals surface area contributed by atoms with Crippen LogP contribution in [0.25, 0.3) is 0 Å². The summed E-state index contributed by atoms with van der Waals surface area (Å²) in [7, 11) is 0. The zero-order chi connectivity index (χ0) is 8.67. The quantitative estimate of drug-likeness (QED) is 0.604. The average molecular weight is 180 g/mol. The molecule has 4 saturated heterocycles. The van der Waals surface area contributed by atoms with E-state index in [2.05, 4.69) is 9.80 Å². The Labute approximate surface area is 80.9 Å². The zero-order valence-electron chi connectivity index (χ0n) is 8.41. The van der Waals surface area contributed by atoms with Crippen molar-refractivity contribution in [1.29, 1.82) is 0 Å². The van der Waals surface area contributed by atoms with Gasteiger partial charge < -0.3 is 0 Å². The smallest absolute Gasteiger partial charge is 0.0625 e. The molecule has 4 fully saturated rings. The second kappa shape index (κ2) is 3.25. The standard InChI is InChI=1S/C11H20N2/c1-2-6-12(5-1)11-9-10-3-7-13(11)8-4-10/h10-11H,1-9H2. The van der Waals surface area contributed by atoms with Crippen LogP contribution in [-0.4, -0.2) is 42.1 Å². The first-order valence-corrected chi connectivity index (χ1v) is 5.91. The first kappa shape index (κ1) is 8.25. The van der Waals surface area contributed by atoms with Gasteiger partial charge in [-0.15, -0.1) is 0 Å². The molecule has 1 unspecified atom stereocenters. The van der Waals surface area contributed by atoms with E-state index < -0.39 is 0 Å². The summed E-state index contributed by atoms with van der Waals surface area (Å²) in [6, 6.07) is 0. The van der Waals surface area contributed by atoms with Crippen LogP contribution in [-0.2, 0) is 0 Å². The molecule has 0 amide bonds. The van der Waals surface area contributed by atoms with Crippen LogP contribution >= 0.6 is 0 Å². The van der Waals surface area contributed by atoms with Gasteiger partial charge in [0, 0.05) is 0 Å². The summed E-state index contributed by atoms with van der Waals surface area (Å²) in [6.45, 7) is 5.50. The van der Waals surface area contributed by atoms with Crippen molar-refractivity contribution < 1.29 is 0 Å². The molecule has 0 aromatic rings. The first-order valence-electron chi connectivity index (χ1n) is 5.91. The summed E-state index contributed by atoms with van der Waals surface area (Å²) in [4.78, 5) is 5.46. The van der Waals surface area contributed by atoms with Crippen LogP contribution in [0, 0.1) is 5.92 Å². The van der Waals surface area contributed by atoms with Crippen LogP contribution in [0.5, 0.6) is 0 Å². The fourth-order valence-electron chi connectivity index (χ4n) is 3.35. The highest BCUT2D eigenvalue weighted by Gasteiger charge is 2.37.